The van der Waals surface area contributed by atoms with Gasteiger partial charge in [0, 0.05) is 5.69 Å². The zero-order valence-electron chi connectivity index (χ0n) is 7.48. The molecule has 0 bridgehead atoms. The van der Waals surface area contributed by atoms with E-state index in [1.54, 1.807) is 12.1 Å². The van der Waals surface area contributed by atoms with E-state index in [0.717, 1.165) is 5.69 Å². The van der Waals surface area contributed by atoms with Crippen LogP contribution in [-0.2, 0) is 4.79 Å². The van der Waals surface area contributed by atoms with Gasteiger partial charge in [0.2, 0.25) is 5.91 Å². The second kappa shape index (κ2) is 5.40. The molecular weight excluding hydrogens is 244 g/mol. The Morgan fingerprint density at radius 2 is 2.07 bits per heavy atom. The molecule has 0 fully saturated rings. The highest BCUT2D eigenvalue weighted by molar-refractivity contribution is 9.09. The minimum Gasteiger partial charge on any atom is -0.298 e. The van der Waals surface area contributed by atoms with E-state index in [1.165, 1.54) is 4.90 Å². The standard InChI is InChI=1S/C10H9BrN2O/c11-8-10(14)13(7-6-12)9-4-2-1-3-5-9/h1-5H,7-8H2. The van der Waals surface area contributed by atoms with E-state index < -0.39 is 0 Å². The van der Waals surface area contributed by atoms with Gasteiger partial charge in [-0.2, -0.15) is 5.26 Å². The first-order chi connectivity index (χ1) is 6.79. The number of para-hydroxylation sites is 1. The normalized spacial score (nSPS) is 9.14. The maximum Gasteiger partial charge on any atom is 0.238 e. The van der Waals surface area contributed by atoms with Crippen LogP contribution in [0.15, 0.2) is 30.3 Å². The first kappa shape index (κ1) is 10.7. The van der Waals surface area contributed by atoms with Gasteiger partial charge in [0.1, 0.15) is 6.54 Å². The van der Waals surface area contributed by atoms with E-state index in [9.17, 15) is 4.79 Å². The maximum atomic E-state index is 11.4. The predicted octanol–water partition coefficient (Wildman–Crippen LogP) is 1.94. The second-order valence-corrected chi connectivity index (χ2v) is 3.17. The number of nitriles is 1. The number of carbonyl (C=O) groups is 1. The Kier molecular flexibility index (Phi) is 4.14. The number of hydrogen-bond donors (Lipinski definition) is 0. The molecule has 4 heteroatoms. The van der Waals surface area contributed by atoms with Gasteiger partial charge in [-0.1, -0.05) is 34.1 Å². The molecule has 0 unspecified atom stereocenters. The van der Waals surface area contributed by atoms with Crippen LogP contribution in [-0.4, -0.2) is 17.8 Å². The van der Waals surface area contributed by atoms with Crippen LogP contribution in [0.25, 0.3) is 0 Å². The average molecular weight is 253 g/mol. The summed E-state index contributed by atoms with van der Waals surface area (Å²) in [5, 5.41) is 8.81. The first-order valence-corrected chi connectivity index (χ1v) is 5.20. The monoisotopic (exact) mass is 252 g/mol. The SMILES string of the molecule is N#CCN(C(=O)CBr)c1ccccc1. The van der Waals surface area contributed by atoms with Gasteiger partial charge in [0.25, 0.3) is 0 Å². The Hall–Kier alpha value is -1.34. The maximum absolute atomic E-state index is 11.4. The molecule has 0 aliphatic rings. The summed E-state index contributed by atoms with van der Waals surface area (Å²) < 4.78 is 0. The molecule has 1 rings (SSSR count). The molecule has 1 amide bonds. The van der Waals surface area contributed by atoms with Crippen molar-refractivity contribution in [3.8, 4) is 6.07 Å². The second-order valence-electron chi connectivity index (χ2n) is 2.61. The lowest BCUT2D eigenvalue weighted by atomic mass is 10.3. The van der Waals surface area contributed by atoms with Crippen molar-refractivity contribution >= 4 is 27.5 Å². The summed E-state index contributed by atoms with van der Waals surface area (Å²) in [7, 11) is 0. The smallest absolute Gasteiger partial charge is 0.238 e. The van der Waals surface area contributed by atoms with E-state index in [4.69, 9.17) is 5.26 Å². The molecule has 0 radical (unpaired) electrons. The molecular formula is C10H9BrN2O. The minimum absolute atomic E-state index is 0.0778. The van der Waals surface area contributed by atoms with Gasteiger partial charge in [0.15, 0.2) is 0 Å². The molecule has 0 saturated carbocycles. The summed E-state index contributed by atoms with van der Waals surface area (Å²) in [5.74, 6) is -0.113. The van der Waals surface area contributed by atoms with Crippen molar-refractivity contribution in [2.75, 3.05) is 16.8 Å². The summed E-state index contributed by atoms with van der Waals surface area (Å²) in [6.07, 6.45) is 0. The van der Waals surface area contributed by atoms with Gasteiger partial charge in [-0.05, 0) is 12.1 Å². The third-order valence-electron chi connectivity index (χ3n) is 1.71. The summed E-state index contributed by atoms with van der Waals surface area (Å²) in [5.41, 5.74) is 0.749. The van der Waals surface area contributed by atoms with Crippen LogP contribution in [0.5, 0.6) is 0 Å². The molecule has 0 saturated heterocycles. The van der Waals surface area contributed by atoms with Crippen LogP contribution in [0.4, 0.5) is 5.69 Å². The van der Waals surface area contributed by atoms with Gasteiger partial charge in [-0.25, -0.2) is 0 Å². The fourth-order valence-electron chi connectivity index (χ4n) is 1.07. The lowest BCUT2D eigenvalue weighted by molar-refractivity contribution is -0.115. The largest absolute Gasteiger partial charge is 0.298 e. The Morgan fingerprint density at radius 1 is 1.43 bits per heavy atom. The fourth-order valence-corrected chi connectivity index (χ4v) is 1.38. The third-order valence-corrected chi connectivity index (χ3v) is 2.19. The van der Waals surface area contributed by atoms with Gasteiger partial charge < -0.3 is 0 Å². The highest BCUT2D eigenvalue weighted by Crippen LogP contribution is 2.13. The van der Waals surface area contributed by atoms with E-state index >= 15 is 0 Å². The molecule has 0 aliphatic heterocycles. The van der Waals surface area contributed by atoms with E-state index in [1.807, 2.05) is 24.3 Å². The van der Waals surface area contributed by atoms with Crippen molar-refractivity contribution < 1.29 is 4.79 Å². The van der Waals surface area contributed by atoms with Crippen molar-refractivity contribution in [2.24, 2.45) is 0 Å². The van der Waals surface area contributed by atoms with Crippen LogP contribution in [0.3, 0.4) is 0 Å². The van der Waals surface area contributed by atoms with Crippen molar-refractivity contribution in [2.45, 2.75) is 0 Å². The zero-order valence-corrected chi connectivity index (χ0v) is 9.07. The van der Waals surface area contributed by atoms with Crippen LogP contribution in [0, 0.1) is 11.3 Å². The minimum atomic E-state index is -0.113. The number of halogens is 1. The van der Waals surface area contributed by atoms with Crippen LogP contribution in [0.1, 0.15) is 0 Å². The van der Waals surface area contributed by atoms with Crippen molar-refractivity contribution in [3.05, 3.63) is 30.3 Å². The molecule has 1 aromatic rings. The summed E-state index contributed by atoms with van der Waals surface area (Å²) in [6, 6.07) is 11.1. The molecule has 1 aromatic carbocycles. The predicted molar refractivity (Wildman–Crippen MR) is 58.2 cm³/mol. The van der Waals surface area contributed by atoms with Crippen molar-refractivity contribution in [3.63, 3.8) is 0 Å². The topological polar surface area (TPSA) is 44.1 Å². The lowest BCUT2D eigenvalue weighted by Crippen LogP contribution is -2.31. The van der Waals surface area contributed by atoms with Gasteiger partial charge in [0.05, 0.1) is 11.4 Å². The van der Waals surface area contributed by atoms with Crippen molar-refractivity contribution in [1.82, 2.24) is 0 Å². The fraction of sp³-hybridized carbons (Fsp3) is 0.200. The molecule has 0 aliphatic carbocycles. The summed E-state index contributed by atoms with van der Waals surface area (Å²) >= 11 is 3.08. The zero-order chi connectivity index (χ0) is 10.4. The summed E-state index contributed by atoms with van der Waals surface area (Å²) in [6.45, 7) is 0.0778. The molecule has 0 N–H and O–H groups in total. The number of carbonyl (C=O) groups excluding carboxylic acids is 1. The van der Waals surface area contributed by atoms with Crippen LogP contribution < -0.4 is 4.90 Å². The molecule has 0 atom stereocenters. The van der Waals surface area contributed by atoms with Crippen molar-refractivity contribution in [1.29, 1.82) is 5.26 Å². The average Bonchev–Trinajstić information content (AvgIpc) is 2.26. The summed E-state index contributed by atoms with van der Waals surface area (Å²) in [4.78, 5) is 12.9. The Balaban J connectivity index is 2.90. The quantitative estimate of drug-likeness (QED) is 0.610. The van der Waals surface area contributed by atoms with Gasteiger partial charge in [-0.3, -0.25) is 9.69 Å². The van der Waals surface area contributed by atoms with Crippen LogP contribution in [0.2, 0.25) is 0 Å². The number of anilines is 1. The number of rotatable bonds is 3. The lowest BCUT2D eigenvalue weighted by Gasteiger charge is -2.18. The Morgan fingerprint density at radius 3 is 2.57 bits per heavy atom. The molecule has 14 heavy (non-hydrogen) atoms. The Labute approximate surface area is 91.1 Å². The van der Waals surface area contributed by atoms with Gasteiger partial charge in [-0.15, -0.1) is 0 Å². The molecule has 0 aromatic heterocycles. The third kappa shape index (κ3) is 2.57. The van der Waals surface area contributed by atoms with E-state index in [-0.39, 0.29) is 17.8 Å². The number of benzene rings is 1. The molecule has 0 spiro atoms. The molecule has 3 nitrogen and oxygen atoms in total. The Bertz CT molecular complexity index is 345. The first-order valence-electron chi connectivity index (χ1n) is 4.08. The number of amides is 1. The number of alkyl halides is 1. The van der Waals surface area contributed by atoms with E-state index in [2.05, 4.69) is 15.9 Å². The van der Waals surface area contributed by atoms with E-state index in [0.29, 0.717) is 0 Å². The molecule has 72 valence electrons. The number of nitrogens with zero attached hydrogens (tertiary/aromatic N) is 2. The molecule has 0 heterocycles. The number of hydrogen-bond acceptors (Lipinski definition) is 2. The highest BCUT2D eigenvalue weighted by atomic mass is 79.9. The highest BCUT2D eigenvalue weighted by Gasteiger charge is 2.12. The van der Waals surface area contributed by atoms with Crippen LogP contribution >= 0.6 is 15.9 Å². The van der Waals surface area contributed by atoms with Gasteiger partial charge >= 0.3 is 0 Å².